The zero-order valence-electron chi connectivity index (χ0n) is 9.26. The Kier molecular flexibility index (Phi) is 8.97. The molecule has 4 nitrogen and oxygen atoms in total. The minimum atomic E-state index is -0.783. The van der Waals surface area contributed by atoms with Crippen LogP contribution in [-0.2, 0) is 9.59 Å². The summed E-state index contributed by atoms with van der Waals surface area (Å²) >= 11 is 0. The van der Waals surface area contributed by atoms with Gasteiger partial charge < -0.3 is 10.2 Å². The van der Waals surface area contributed by atoms with E-state index < -0.39 is 11.9 Å². The van der Waals surface area contributed by atoms with Crippen molar-refractivity contribution in [1.29, 1.82) is 0 Å². The molecular weight excluding hydrogens is 208 g/mol. The molecule has 0 aromatic rings. The number of hydrogen-bond acceptors (Lipinski definition) is 2. The number of allylic oxidation sites excluding steroid dienone is 4. The molecule has 2 N–H and O–H groups in total. The van der Waals surface area contributed by atoms with Crippen LogP contribution in [-0.4, -0.2) is 22.2 Å². The van der Waals surface area contributed by atoms with E-state index in [2.05, 4.69) is 0 Å². The molecule has 0 radical (unpaired) electrons. The summed E-state index contributed by atoms with van der Waals surface area (Å²) in [6.45, 7) is 0. The molecule has 0 aromatic carbocycles. The fourth-order valence-corrected chi connectivity index (χ4v) is 1.08. The Morgan fingerprint density at radius 3 is 1.94 bits per heavy atom. The molecule has 0 saturated carbocycles. The highest BCUT2D eigenvalue weighted by molar-refractivity contribution is 5.67. The highest BCUT2D eigenvalue weighted by atomic mass is 16.4. The van der Waals surface area contributed by atoms with Crippen LogP contribution in [0, 0.1) is 0 Å². The molecule has 0 amide bonds. The van der Waals surface area contributed by atoms with Gasteiger partial charge in [-0.3, -0.25) is 9.59 Å². The molecule has 0 unspecified atom stereocenters. The third-order valence-corrected chi connectivity index (χ3v) is 1.89. The maximum absolute atomic E-state index is 10.2. The van der Waals surface area contributed by atoms with E-state index in [1.807, 2.05) is 24.3 Å². The first-order valence-electron chi connectivity index (χ1n) is 5.36. The number of carboxylic acid groups (broad SMARTS) is 2. The lowest BCUT2D eigenvalue weighted by molar-refractivity contribution is -0.138. The van der Waals surface area contributed by atoms with E-state index in [1.165, 1.54) is 0 Å². The molecule has 0 spiro atoms. The lowest BCUT2D eigenvalue weighted by Crippen LogP contribution is -1.92. The Balaban J connectivity index is 3.33. The van der Waals surface area contributed by atoms with Crippen LogP contribution >= 0.6 is 0 Å². The third kappa shape index (κ3) is 12.4. The van der Waals surface area contributed by atoms with E-state index in [0.29, 0.717) is 12.8 Å². The minimum absolute atomic E-state index is 0.166. The summed E-state index contributed by atoms with van der Waals surface area (Å²) in [6, 6.07) is 0. The second kappa shape index (κ2) is 9.96. The Morgan fingerprint density at radius 1 is 0.812 bits per heavy atom. The maximum atomic E-state index is 10.2. The van der Waals surface area contributed by atoms with Crippen molar-refractivity contribution in [3.8, 4) is 0 Å². The van der Waals surface area contributed by atoms with Crippen molar-refractivity contribution in [3.05, 3.63) is 24.3 Å². The van der Waals surface area contributed by atoms with Gasteiger partial charge in [0.25, 0.3) is 0 Å². The van der Waals surface area contributed by atoms with Crippen LogP contribution in [0.1, 0.15) is 38.5 Å². The molecule has 0 saturated heterocycles. The van der Waals surface area contributed by atoms with E-state index in [9.17, 15) is 9.59 Å². The Hall–Kier alpha value is -1.58. The van der Waals surface area contributed by atoms with Crippen molar-refractivity contribution >= 4 is 11.9 Å². The van der Waals surface area contributed by atoms with Gasteiger partial charge in [0.05, 0.1) is 0 Å². The summed E-state index contributed by atoms with van der Waals surface area (Å²) in [4.78, 5) is 20.3. The van der Waals surface area contributed by atoms with E-state index >= 15 is 0 Å². The van der Waals surface area contributed by atoms with E-state index in [1.54, 1.807) is 0 Å². The highest BCUT2D eigenvalue weighted by Gasteiger charge is 1.93. The average molecular weight is 226 g/mol. The van der Waals surface area contributed by atoms with E-state index in [-0.39, 0.29) is 12.8 Å². The standard InChI is InChI=1S/C12H18O4/c13-11(14)9-7-5-3-1-2-4-6-8-10-12(15)16/h1,3-4,6H,2,5,7-10H2,(H,13,14)(H,15,16)/b3-1?,6-4-. The predicted molar refractivity (Wildman–Crippen MR) is 61.3 cm³/mol. The van der Waals surface area contributed by atoms with Crippen molar-refractivity contribution in [3.63, 3.8) is 0 Å². The van der Waals surface area contributed by atoms with E-state index in [4.69, 9.17) is 10.2 Å². The molecule has 0 aliphatic rings. The van der Waals surface area contributed by atoms with Crippen molar-refractivity contribution in [2.24, 2.45) is 0 Å². The van der Waals surface area contributed by atoms with Crippen molar-refractivity contribution in [2.45, 2.75) is 38.5 Å². The normalized spacial score (nSPS) is 11.2. The molecule has 0 atom stereocenters. The van der Waals surface area contributed by atoms with Gasteiger partial charge in [0.1, 0.15) is 0 Å². The van der Waals surface area contributed by atoms with Gasteiger partial charge in [-0.05, 0) is 25.7 Å². The van der Waals surface area contributed by atoms with Gasteiger partial charge >= 0.3 is 11.9 Å². The van der Waals surface area contributed by atoms with Crippen LogP contribution in [0.25, 0.3) is 0 Å². The first-order valence-corrected chi connectivity index (χ1v) is 5.36. The lowest BCUT2D eigenvalue weighted by atomic mass is 10.2. The maximum Gasteiger partial charge on any atom is 0.303 e. The smallest absolute Gasteiger partial charge is 0.303 e. The molecule has 0 heterocycles. The molecule has 90 valence electrons. The third-order valence-electron chi connectivity index (χ3n) is 1.89. The highest BCUT2D eigenvalue weighted by Crippen LogP contribution is 1.98. The van der Waals surface area contributed by atoms with Gasteiger partial charge in [0.15, 0.2) is 0 Å². The number of aliphatic carboxylic acids is 2. The van der Waals surface area contributed by atoms with Gasteiger partial charge in [0, 0.05) is 12.8 Å². The van der Waals surface area contributed by atoms with Crippen molar-refractivity contribution < 1.29 is 19.8 Å². The number of carbonyl (C=O) groups is 2. The van der Waals surface area contributed by atoms with Crippen LogP contribution in [0.4, 0.5) is 0 Å². The summed E-state index contributed by atoms with van der Waals surface area (Å²) in [5.41, 5.74) is 0. The van der Waals surface area contributed by atoms with Gasteiger partial charge in [-0.15, -0.1) is 0 Å². The molecule has 0 bridgehead atoms. The van der Waals surface area contributed by atoms with Crippen LogP contribution < -0.4 is 0 Å². The first kappa shape index (κ1) is 14.4. The predicted octanol–water partition coefficient (Wildman–Crippen LogP) is 2.61. The number of rotatable bonds is 9. The van der Waals surface area contributed by atoms with Crippen LogP contribution in [0.3, 0.4) is 0 Å². The summed E-state index contributed by atoms with van der Waals surface area (Å²) < 4.78 is 0. The largest absolute Gasteiger partial charge is 0.481 e. The van der Waals surface area contributed by atoms with Crippen molar-refractivity contribution in [2.75, 3.05) is 0 Å². The topological polar surface area (TPSA) is 74.6 Å². The van der Waals surface area contributed by atoms with Gasteiger partial charge in [-0.25, -0.2) is 0 Å². The molecule has 0 rings (SSSR count). The van der Waals surface area contributed by atoms with Crippen LogP contribution in [0.15, 0.2) is 24.3 Å². The summed E-state index contributed by atoms with van der Waals surface area (Å²) in [5.74, 6) is -1.55. The lowest BCUT2D eigenvalue weighted by Gasteiger charge is -1.90. The van der Waals surface area contributed by atoms with Gasteiger partial charge in [-0.1, -0.05) is 24.3 Å². The Morgan fingerprint density at radius 2 is 1.38 bits per heavy atom. The zero-order chi connectivity index (χ0) is 12.2. The fourth-order valence-electron chi connectivity index (χ4n) is 1.08. The fraction of sp³-hybridized carbons (Fsp3) is 0.500. The Labute approximate surface area is 95.3 Å². The van der Waals surface area contributed by atoms with Crippen molar-refractivity contribution in [1.82, 2.24) is 0 Å². The quantitative estimate of drug-likeness (QED) is 0.468. The number of unbranched alkanes of at least 4 members (excludes halogenated alkanes) is 1. The van der Waals surface area contributed by atoms with Crippen LogP contribution in [0.2, 0.25) is 0 Å². The molecule has 0 aliphatic carbocycles. The zero-order valence-corrected chi connectivity index (χ0v) is 9.26. The second-order valence-corrected chi connectivity index (χ2v) is 3.40. The van der Waals surface area contributed by atoms with Gasteiger partial charge in [-0.2, -0.15) is 0 Å². The summed E-state index contributed by atoms with van der Waals surface area (Å²) in [5, 5.41) is 16.7. The Bertz CT molecular complexity index is 266. The number of hydrogen-bond donors (Lipinski definition) is 2. The second-order valence-electron chi connectivity index (χ2n) is 3.40. The average Bonchev–Trinajstić information content (AvgIpc) is 2.20. The summed E-state index contributed by atoms with van der Waals surface area (Å²) in [6.07, 6.45) is 10.8. The molecular formula is C12H18O4. The number of carboxylic acids is 2. The van der Waals surface area contributed by atoms with E-state index in [0.717, 1.165) is 12.8 Å². The minimum Gasteiger partial charge on any atom is -0.481 e. The molecule has 4 heteroatoms. The monoisotopic (exact) mass is 226 g/mol. The van der Waals surface area contributed by atoms with Crippen LogP contribution in [0.5, 0.6) is 0 Å². The molecule has 16 heavy (non-hydrogen) atoms. The first-order chi connectivity index (χ1) is 7.63. The molecule has 0 aliphatic heterocycles. The molecule has 0 fully saturated rings. The molecule has 0 aromatic heterocycles. The SMILES string of the molecule is O=C(O)CC/C=C\CC=CCCCC(=O)O. The van der Waals surface area contributed by atoms with Gasteiger partial charge in [0.2, 0.25) is 0 Å². The summed E-state index contributed by atoms with van der Waals surface area (Å²) in [7, 11) is 0.